The average molecular weight is 379 g/mol. The molecule has 1 atom stereocenters. The van der Waals surface area contributed by atoms with E-state index in [1.54, 1.807) is 4.57 Å². The first-order chi connectivity index (χ1) is 13.1. The first kappa shape index (κ1) is 17.8. The molecule has 1 aromatic heterocycles. The molecule has 1 heterocycles. The van der Waals surface area contributed by atoms with Gasteiger partial charge in [0.25, 0.3) is 5.56 Å². The molecule has 0 saturated heterocycles. The summed E-state index contributed by atoms with van der Waals surface area (Å²) in [5.74, 6) is 0.162. The van der Waals surface area contributed by atoms with Crippen LogP contribution in [-0.4, -0.2) is 21.2 Å². The van der Waals surface area contributed by atoms with Crippen LogP contribution in [0.3, 0.4) is 0 Å². The van der Waals surface area contributed by atoms with Gasteiger partial charge in [0, 0.05) is 6.04 Å². The van der Waals surface area contributed by atoms with Crippen LogP contribution in [-0.2, 0) is 4.79 Å². The lowest BCUT2D eigenvalue weighted by molar-refractivity contribution is -0.119. The van der Waals surface area contributed by atoms with Crippen molar-refractivity contribution in [1.82, 2.24) is 14.9 Å². The largest absolute Gasteiger partial charge is 0.349 e. The highest BCUT2D eigenvalue weighted by molar-refractivity contribution is 7.99. The van der Waals surface area contributed by atoms with Gasteiger partial charge in [-0.15, -0.1) is 0 Å². The minimum absolute atomic E-state index is 0.0105. The van der Waals surface area contributed by atoms with Gasteiger partial charge in [-0.25, -0.2) is 4.98 Å². The van der Waals surface area contributed by atoms with Crippen LogP contribution in [0, 0.1) is 0 Å². The molecule has 3 aromatic rings. The summed E-state index contributed by atoms with van der Waals surface area (Å²) in [5.41, 5.74) is 1.73. The summed E-state index contributed by atoms with van der Waals surface area (Å²) in [6.07, 6.45) is 1.98. The molecule has 1 unspecified atom stereocenters. The quantitative estimate of drug-likeness (QED) is 0.524. The molecule has 27 heavy (non-hydrogen) atoms. The Bertz CT molecular complexity index is 1030. The molecule has 0 radical (unpaired) electrons. The topological polar surface area (TPSA) is 64.0 Å². The molecule has 1 N–H and O–H groups in total. The predicted molar refractivity (Wildman–Crippen MR) is 108 cm³/mol. The van der Waals surface area contributed by atoms with Crippen molar-refractivity contribution < 1.29 is 4.79 Å². The molecule has 6 heteroatoms. The number of nitrogens with one attached hydrogen (secondary N) is 1. The van der Waals surface area contributed by atoms with E-state index in [1.807, 2.05) is 61.5 Å². The Labute approximate surface area is 161 Å². The van der Waals surface area contributed by atoms with Crippen LogP contribution in [0.2, 0.25) is 0 Å². The van der Waals surface area contributed by atoms with Gasteiger partial charge < -0.3 is 5.32 Å². The highest BCUT2D eigenvalue weighted by Gasteiger charge is 2.28. The molecule has 0 aliphatic heterocycles. The Kier molecular flexibility index (Phi) is 4.99. The number of amides is 1. The maximum atomic E-state index is 12.8. The SMILES string of the molecule is CC(NC(=O)CSc1nc2ccccc2c(=O)n1C1CC1)c1ccccc1. The fraction of sp³-hybridized carbons (Fsp3) is 0.286. The van der Waals surface area contributed by atoms with E-state index in [2.05, 4.69) is 10.3 Å². The molecule has 1 saturated carbocycles. The second kappa shape index (κ2) is 7.56. The van der Waals surface area contributed by atoms with Crippen molar-refractivity contribution in [3.63, 3.8) is 0 Å². The van der Waals surface area contributed by atoms with Crippen molar-refractivity contribution in [2.24, 2.45) is 0 Å². The molecular weight excluding hydrogens is 358 g/mol. The number of hydrogen-bond acceptors (Lipinski definition) is 4. The number of benzene rings is 2. The number of hydrogen-bond donors (Lipinski definition) is 1. The summed E-state index contributed by atoms with van der Waals surface area (Å²) < 4.78 is 1.76. The van der Waals surface area contributed by atoms with Crippen molar-refractivity contribution in [2.75, 3.05) is 5.75 Å². The number of carbonyl (C=O) groups excluding carboxylic acids is 1. The van der Waals surface area contributed by atoms with Crippen LogP contribution >= 0.6 is 11.8 Å². The third-order valence-electron chi connectivity index (χ3n) is 4.70. The Morgan fingerprint density at radius 2 is 1.89 bits per heavy atom. The molecule has 138 valence electrons. The fourth-order valence-electron chi connectivity index (χ4n) is 3.12. The molecule has 1 aliphatic carbocycles. The van der Waals surface area contributed by atoms with Gasteiger partial charge in [-0.3, -0.25) is 14.2 Å². The number of nitrogens with zero attached hydrogens (tertiary/aromatic N) is 2. The molecule has 0 spiro atoms. The molecule has 1 amide bonds. The number of rotatable bonds is 6. The number of para-hydroxylation sites is 1. The van der Waals surface area contributed by atoms with Crippen LogP contribution in [0.5, 0.6) is 0 Å². The molecule has 1 aliphatic rings. The maximum absolute atomic E-state index is 12.8. The van der Waals surface area contributed by atoms with Gasteiger partial charge >= 0.3 is 0 Å². The lowest BCUT2D eigenvalue weighted by Gasteiger charge is -2.15. The van der Waals surface area contributed by atoms with Crippen molar-refractivity contribution in [3.8, 4) is 0 Å². The monoisotopic (exact) mass is 379 g/mol. The number of aromatic nitrogens is 2. The molecule has 2 aromatic carbocycles. The van der Waals surface area contributed by atoms with E-state index in [4.69, 9.17) is 0 Å². The number of carbonyl (C=O) groups is 1. The van der Waals surface area contributed by atoms with E-state index in [0.717, 1.165) is 18.4 Å². The third kappa shape index (κ3) is 3.90. The Balaban J connectivity index is 1.51. The first-order valence-corrected chi connectivity index (χ1v) is 10.1. The van der Waals surface area contributed by atoms with E-state index >= 15 is 0 Å². The lowest BCUT2D eigenvalue weighted by Crippen LogP contribution is -2.29. The van der Waals surface area contributed by atoms with Crippen LogP contribution in [0.15, 0.2) is 64.5 Å². The van der Waals surface area contributed by atoms with Crippen LogP contribution < -0.4 is 10.9 Å². The second-order valence-electron chi connectivity index (χ2n) is 6.81. The van der Waals surface area contributed by atoms with Crippen LogP contribution in [0.25, 0.3) is 10.9 Å². The fourth-order valence-corrected chi connectivity index (χ4v) is 4.00. The maximum Gasteiger partial charge on any atom is 0.262 e. The highest BCUT2D eigenvalue weighted by atomic mass is 32.2. The summed E-state index contributed by atoms with van der Waals surface area (Å²) in [5, 5.41) is 4.27. The summed E-state index contributed by atoms with van der Waals surface area (Å²) in [6.45, 7) is 1.96. The summed E-state index contributed by atoms with van der Waals surface area (Å²) in [4.78, 5) is 29.9. The van der Waals surface area contributed by atoms with Gasteiger partial charge in [0.15, 0.2) is 5.16 Å². The van der Waals surface area contributed by atoms with Gasteiger partial charge in [0.2, 0.25) is 5.91 Å². The smallest absolute Gasteiger partial charge is 0.262 e. The molecule has 0 bridgehead atoms. The molecule has 5 nitrogen and oxygen atoms in total. The summed E-state index contributed by atoms with van der Waals surface area (Å²) in [7, 11) is 0. The number of thioether (sulfide) groups is 1. The van der Waals surface area contributed by atoms with Gasteiger partial charge in [0.05, 0.1) is 22.7 Å². The zero-order valence-electron chi connectivity index (χ0n) is 15.1. The normalized spacial score (nSPS) is 14.9. The first-order valence-electron chi connectivity index (χ1n) is 9.12. The van der Waals surface area contributed by atoms with Gasteiger partial charge in [-0.05, 0) is 37.5 Å². The molecule has 4 rings (SSSR count). The summed E-state index contributed by atoms with van der Waals surface area (Å²) in [6, 6.07) is 17.4. The average Bonchev–Trinajstić information content (AvgIpc) is 3.52. The van der Waals surface area contributed by atoms with E-state index in [1.165, 1.54) is 11.8 Å². The van der Waals surface area contributed by atoms with Crippen molar-refractivity contribution in [2.45, 2.75) is 37.0 Å². The van der Waals surface area contributed by atoms with E-state index in [0.29, 0.717) is 16.1 Å². The lowest BCUT2D eigenvalue weighted by atomic mass is 10.1. The minimum atomic E-state index is -0.0684. The summed E-state index contributed by atoms with van der Waals surface area (Å²) >= 11 is 1.33. The van der Waals surface area contributed by atoms with Crippen molar-refractivity contribution >= 4 is 28.6 Å². The Morgan fingerprint density at radius 3 is 2.63 bits per heavy atom. The minimum Gasteiger partial charge on any atom is -0.349 e. The van der Waals surface area contributed by atoms with Gasteiger partial charge in [-0.2, -0.15) is 0 Å². The van der Waals surface area contributed by atoms with E-state index < -0.39 is 0 Å². The molecule has 1 fully saturated rings. The van der Waals surface area contributed by atoms with Gasteiger partial charge in [-0.1, -0.05) is 54.2 Å². The zero-order chi connectivity index (χ0) is 18.8. The van der Waals surface area contributed by atoms with Crippen LogP contribution in [0.1, 0.15) is 37.4 Å². The van der Waals surface area contributed by atoms with E-state index in [-0.39, 0.29) is 29.3 Å². The predicted octanol–water partition coefficient (Wildman–Crippen LogP) is 3.70. The third-order valence-corrected chi connectivity index (χ3v) is 5.65. The zero-order valence-corrected chi connectivity index (χ0v) is 15.9. The van der Waals surface area contributed by atoms with E-state index in [9.17, 15) is 9.59 Å². The van der Waals surface area contributed by atoms with Crippen molar-refractivity contribution in [1.29, 1.82) is 0 Å². The molecular formula is C21H21N3O2S. The second-order valence-corrected chi connectivity index (χ2v) is 7.75. The van der Waals surface area contributed by atoms with Gasteiger partial charge in [0.1, 0.15) is 0 Å². The van der Waals surface area contributed by atoms with Crippen LogP contribution in [0.4, 0.5) is 0 Å². The standard InChI is InChI=1S/C21H21N3O2S/c1-14(15-7-3-2-4-8-15)22-19(25)13-27-21-23-18-10-6-5-9-17(18)20(26)24(21)16-11-12-16/h2-10,14,16H,11-13H2,1H3,(H,22,25). The Morgan fingerprint density at radius 1 is 1.19 bits per heavy atom. The number of fused-ring (bicyclic) bond motifs is 1. The Hall–Kier alpha value is -2.60. The van der Waals surface area contributed by atoms with Crippen molar-refractivity contribution in [3.05, 3.63) is 70.5 Å². The highest BCUT2D eigenvalue weighted by Crippen LogP contribution is 2.36.